The Labute approximate surface area is 240 Å². The molecule has 41 heavy (non-hydrogen) atoms. The molecule has 2 saturated heterocycles. The largest absolute Gasteiger partial charge is 0.416 e. The fourth-order valence-corrected chi connectivity index (χ4v) is 5.23. The Balaban J connectivity index is 0.00000462. The number of hydrogen-bond acceptors (Lipinski definition) is 4. The maximum absolute atomic E-state index is 13.3. The first kappa shape index (κ1) is 32.7. The third kappa shape index (κ3) is 8.59. The number of rotatable bonds is 6. The molecular formula is C28H32ClF6N3O3. The molecule has 0 radical (unpaired) electrons. The van der Waals surface area contributed by atoms with Crippen LogP contribution in [0.25, 0.3) is 0 Å². The van der Waals surface area contributed by atoms with Gasteiger partial charge < -0.3 is 14.5 Å². The Morgan fingerprint density at radius 3 is 1.95 bits per heavy atom. The number of amides is 2. The standard InChI is InChI=1S/C28H31F6N3O3.ClH/c1-19(38)36-9-11-37(12-10-36)26(39)17-35-8-7-25(24(16-35)21-5-3-2-4-6-21)40-18-20-13-22(27(29,30)31)15-23(14-20)28(32,33)34;/h2-6,13-15,24-25H,7-12,16-18H2,1H3;1H. The van der Waals surface area contributed by atoms with E-state index in [0.717, 1.165) is 5.56 Å². The summed E-state index contributed by atoms with van der Waals surface area (Å²) in [5.41, 5.74) is -2.06. The van der Waals surface area contributed by atoms with Crippen LogP contribution in [0.3, 0.4) is 0 Å². The van der Waals surface area contributed by atoms with Crippen LogP contribution in [-0.4, -0.2) is 78.4 Å². The van der Waals surface area contributed by atoms with Gasteiger partial charge in [0.15, 0.2) is 0 Å². The van der Waals surface area contributed by atoms with Crippen molar-refractivity contribution in [3.63, 3.8) is 0 Å². The van der Waals surface area contributed by atoms with E-state index in [0.29, 0.717) is 57.8 Å². The Morgan fingerprint density at radius 1 is 0.854 bits per heavy atom. The second kappa shape index (κ2) is 13.4. The molecule has 13 heteroatoms. The van der Waals surface area contributed by atoms with E-state index in [2.05, 4.69) is 0 Å². The maximum atomic E-state index is 13.3. The fourth-order valence-electron chi connectivity index (χ4n) is 5.23. The molecule has 0 aliphatic carbocycles. The summed E-state index contributed by atoms with van der Waals surface area (Å²) in [6.07, 6.45) is -9.90. The van der Waals surface area contributed by atoms with Crippen LogP contribution < -0.4 is 0 Å². The number of carbonyl (C=O) groups excluding carboxylic acids is 2. The van der Waals surface area contributed by atoms with Gasteiger partial charge in [0.25, 0.3) is 0 Å². The Hall–Kier alpha value is -2.83. The normalized spacial score (nSPS) is 20.5. The van der Waals surface area contributed by atoms with Crippen LogP contribution in [0.2, 0.25) is 0 Å². The van der Waals surface area contributed by atoms with Gasteiger partial charge in [0.1, 0.15) is 0 Å². The van der Waals surface area contributed by atoms with Crippen molar-refractivity contribution in [2.45, 2.75) is 44.3 Å². The zero-order valence-electron chi connectivity index (χ0n) is 22.4. The first-order valence-electron chi connectivity index (χ1n) is 13.0. The summed E-state index contributed by atoms with van der Waals surface area (Å²) in [6, 6.07) is 10.8. The van der Waals surface area contributed by atoms with E-state index in [1.54, 1.807) is 9.80 Å². The third-order valence-electron chi connectivity index (χ3n) is 7.41. The van der Waals surface area contributed by atoms with Crippen molar-refractivity contribution >= 4 is 24.2 Å². The molecule has 4 rings (SSSR count). The molecule has 0 N–H and O–H groups in total. The summed E-state index contributed by atoms with van der Waals surface area (Å²) < 4.78 is 85.7. The maximum Gasteiger partial charge on any atom is 0.416 e. The van der Waals surface area contributed by atoms with Gasteiger partial charge in [-0.05, 0) is 35.7 Å². The molecule has 6 nitrogen and oxygen atoms in total. The molecule has 2 amide bonds. The number of piperazine rings is 1. The first-order valence-corrected chi connectivity index (χ1v) is 13.0. The average Bonchev–Trinajstić information content (AvgIpc) is 2.91. The predicted octanol–water partition coefficient (Wildman–Crippen LogP) is 5.21. The highest BCUT2D eigenvalue weighted by Gasteiger charge is 2.38. The topological polar surface area (TPSA) is 53.1 Å². The minimum Gasteiger partial charge on any atom is -0.373 e. The van der Waals surface area contributed by atoms with Gasteiger partial charge in [0.05, 0.1) is 30.4 Å². The number of ether oxygens (including phenoxy) is 1. The van der Waals surface area contributed by atoms with Crippen LogP contribution in [-0.2, 0) is 33.3 Å². The molecule has 0 spiro atoms. The molecular weight excluding hydrogens is 576 g/mol. The van der Waals surface area contributed by atoms with Gasteiger partial charge in [-0.1, -0.05) is 30.3 Å². The molecule has 2 aliphatic heterocycles. The van der Waals surface area contributed by atoms with Crippen LogP contribution in [0.15, 0.2) is 48.5 Å². The van der Waals surface area contributed by atoms with E-state index in [-0.39, 0.29) is 48.3 Å². The van der Waals surface area contributed by atoms with Gasteiger partial charge >= 0.3 is 12.4 Å². The molecule has 2 unspecified atom stereocenters. The van der Waals surface area contributed by atoms with Crippen molar-refractivity contribution < 1.29 is 40.7 Å². The van der Waals surface area contributed by atoms with Gasteiger partial charge in [0, 0.05) is 52.1 Å². The van der Waals surface area contributed by atoms with E-state index in [9.17, 15) is 35.9 Å². The Morgan fingerprint density at radius 2 is 1.41 bits per heavy atom. The van der Waals surface area contributed by atoms with Gasteiger partial charge in [-0.2, -0.15) is 26.3 Å². The van der Waals surface area contributed by atoms with Crippen LogP contribution >= 0.6 is 12.4 Å². The summed E-state index contributed by atoms with van der Waals surface area (Å²) in [5.74, 6) is -0.331. The summed E-state index contributed by atoms with van der Waals surface area (Å²) in [4.78, 5) is 29.9. The minimum absolute atomic E-state index is 0. The zero-order valence-corrected chi connectivity index (χ0v) is 23.2. The lowest BCUT2D eigenvalue weighted by molar-refractivity contribution is -0.143. The number of benzene rings is 2. The quantitative estimate of drug-likeness (QED) is 0.423. The second-order valence-corrected chi connectivity index (χ2v) is 10.2. The van der Waals surface area contributed by atoms with E-state index >= 15 is 0 Å². The van der Waals surface area contributed by atoms with E-state index in [1.807, 2.05) is 35.2 Å². The second-order valence-electron chi connectivity index (χ2n) is 10.2. The van der Waals surface area contributed by atoms with Crippen molar-refractivity contribution in [3.8, 4) is 0 Å². The zero-order chi connectivity index (χ0) is 29.1. The van der Waals surface area contributed by atoms with Crippen LogP contribution in [0.1, 0.15) is 41.5 Å². The molecule has 0 bridgehead atoms. The van der Waals surface area contributed by atoms with E-state index < -0.39 is 36.2 Å². The van der Waals surface area contributed by atoms with Crippen molar-refractivity contribution in [1.29, 1.82) is 0 Å². The predicted molar refractivity (Wildman–Crippen MR) is 141 cm³/mol. The molecule has 2 aliphatic rings. The number of carbonyl (C=O) groups is 2. The highest BCUT2D eigenvalue weighted by atomic mass is 35.5. The highest BCUT2D eigenvalue weighted by molar-refractivity contribution is 5.85. The average molecular weight is 608 g/mol. The summed E-state index contributed by atoms with van der Waals surface area (Å²) >= 11 is 0. The third-order valence-corrected chi connectivity index (χ3v) is 7.41. The SMILES string of the molecule is CC(=O)N1CCN(C(=O)CN2CCC(OCc3cc(C(F)(F)F)cc(C(F)(F)F)c3)C(c3ccccc3)C2)CC1.Cl. The summed E-state index contributed by atoms with van der Waals surface area (Å²) in [7, 11) is 0. The minimum atomic E-state index is -4.93. The molecule has 226 valence electrons. The molecule has 2 atom stereocenters. The van der Waals surface area contributed by atoms with Gasteiger partial charge in [-0.25, -0.2) is 0 Å². The van der Waals surface area contributed by atoms with Crippen molar-refractivity contribution in [2.75, 3.05) is 45.8 Å². The van der Waals surface area contributed by atoms with E-state index in [4.69, 9.17) is 4.74 Å². The first-order chi connectivity index (χ1) is 18.8. The number of nitrogens with zero attached hydrogens (tertiary/aromatic N) is 3. The lowest BCUT2D eigenvalue weighted by atomic mass is 9.87. The summed E-state index contributed by atoms with van der Waals surface area (Å²) in [5, 5.41) is 0. The molecule has 0 aromatic heterocycles. The van der Waals surface area contributed by atoms with Crippen molar-refractivity contribution in [2.24, 2.45) is 0 Å². The lowest BCUT2D eigenvalue weighted by Gasteiger charge is -2.40. The van der Waals surface area contributed by atoms with Crippen molar-refractivity contribution in [3.05, 3.63) is 70.8 Å². The van der Waals surface area contributed by atoms with E-state index in [1.165, 1.54) is 6.92 Å². The number of likely N-dealkylation sites (tertiary alicyclic amines) is 1. The van der Waals surface area contributed by atoms with Crippen LogP contribution in [0.5, 0.6) is 0 Å². The molecule has 2 heterocycles. The monoisotopic (exact) mass is 607 g/mol. The van der Waals surface area contributed by atoms with Crippen LogP contribution in [0.4, 0.5) is 26.3 Å². The van der Waals surface area contributed by atoms with Crippen molar-refractivity contribution in [1.82, 2.24) is 14.7 Å². The number of piperidine rings is 1. The summed E-state index contributed by atoms with van der Waals surface area (Å²) in [6.45, 7) is 4.03. The molecule has 2 aromatic rings. The number of alkyl halides is 6. The number of hydrogen-bond donors (Lipinski definition) is 0. The van der Waals surface area contributed by atoms with Gasteiger partial charge in [0.2, 0.25) is 11.8 Å². The molecule has 2 fully saturated rings. The smallest absolute Gasteiger partial charge is 0.373 e. The Kier molecular flexibility index (Phi) is 10.7. The highest BCUT2D eigenvalue weighted by Crippen LogP contribution is 2.37. The lowest BCUT2D eigenvalue weighted by Crippen LogP contribution is -2.53. The Bertz CT molecular complexity index is 1150. The van der Waals surface area contributed by atoms with Gasteiger partial charge in [-0.3, -0.25) is 14.5 Å². The molecule has 2 aromatic carbocycles. The van der Waals surface area contributed by atoms with Crippen LogP contribution in [0, 0.1) is 0 Å². The van der Waals surface area contributed by atoms with Gasteiger partial charge in [-0.15, -0.1) is 12.4 Å². The number of halogens is 7. The molecule has 0 saturated carbocycles. The fraction of sp³-hybridized carbons (Fsp3) is 0.500.